The number of H-pyrrole nitrogens is 1. The summed E-state index contributed by atoms with van der Waals surface area (Å²) in [5.41, 5.74) is 1.94. The first-order valence-electron chi connectivity index (χ1n) is 10.6. The van der Waals surface area contributed by atoms with Crippen molar-refractivity contribution in [3.05, 3.63) is 64.4 Å². The molecule has 3 aromatic rings. The fourth-order valence-electron chi connectivity index (χ4n) is 3.89. The number of piperidine rings is 1. The molecule has 1 aliphatic rings. The average molecular weight is 421 g/mol. The summed E-state index contributed by atoms with van der Waals surface area (Å²) in [4.78, 5) is 33.9. The first-order chi connectivity index (χ1) is 14.8. The van der Waals surface area contributed by atoms with E-state index in [1.54, 1.807) is 11.0 Å². The van der Waals surface area contributed by atoms with Gasteiger partial charge in [-0.25, -0.2) is 9.78 Å². The van der Waals surface area contributed by atoms with Gasteiger partial charge in [-0.05, 0) is 63.4 Å². The quantitative estimate of drug-likeness (QED) is 0.637. The third-order valence-electron chi connectivity index (χ3n) is 5.31. The van der Waals surface area contributed by atoms with Gasteiger partial charge in [0, 0.05) is 24.7 Å². The van der Waals surface area contributed by atoms with Crippen molar-refractivity contribution < 1.29 is 9.53 Å². The van der Waals surface area contributed by atoms with Crippen LogP contribution in [0.15, 0.2) is 53.3 Å². The molecule has 1 atom stereocenters. The molecule has 7 heteroatoms. The minimum atomic E-state index is -0.502. The number of para-hydroxylation sites is 1. The van der Waals surface area contributed by atoms with Crippen LogP contribution in [0.5, 0.6) is 0 Å². The van der Waals surface area contributed by atoms with Crippen LogP contribution in [0.25, 0.3) is 10.9 Å². The molecule has 2 N–H and O–H groups in total. The van der Waals surface area contributed by atoms with Gasteiger partial charge in [-0.3, -0.25) is 9.78 Å². The number of hydrogen-bond acceptors (Lipinski definition) is 5. The molecule has 0 bridgehead atoms. The summed E-state index contributed by atoms with van der Waals surface area (Å²) in [6.45, 7) is 6.99. The Morgan fingerprint density at radius 1 is 1.19 bits per heavy atom. The summed E-state index contributed by atoms with van der Waals surface area (Å²) in [5.74, 6) is 0.631. The van der Waals surface area contributed by atoms with E-state index in [9.17, 15) is 9.59 Å². The monoisotopic (exact) mass is 420 g/mol. The highest BCUT2D eigenvalue weighted by Crippen LogP contribution is 2.30. The number of aromatic amines is 1. The highest BCUT2D eigenvalue weighted by atomic mass is 16.6. The van der Waals surface area contributed by atoms with Crippen LogP contribution in [-0.2, 0) is 4.74 Å². The van der Waals surface area contributed by atoms with E-state index in [0.717, 1.165) is 24.1 Å². The van der Waals surface area contributed by atoms with Gasteiger partial charge < -0.3 is 15.0 Å². The van der Waals surface area contributed by atoms with Crippen molar-refractivity contribution >= 4 is 28.6 Å². The van der Waals surface area contributed by atoms with Gasteiger partial charge in [-0.15, -0.1) is 0 Å². The predicted molar refractivity (Wildman–Crippen MR) is 122 cm³/mol. The Balaban J connectivity index is 1.51. The maximum atomic E-state index is 12.5. The Bertz CT molecular complexity index is 1150. The molecular formula is C24H28N4O3. The molecule has 1 saturated heterocycles. The second-order valence-corrected chi connectivity index (χ2v) is 8.95. The van der Waals surface area contributed by atoms with Crippen molar-refractivity contribution in [3.63, 3.8) is 0 Å². The zero-order valence-corrected chi connectivity index (χ0v) is 18.1. The van der Waals surface area contributed by atoms with Crippen LogP contribution in [0.2, 0.25) is 0 Å². The Kier molecular flexibility index (Phi) is 5.67. The van der Waals surface area contributed by atoms with E-state index in [0.29, 0.717) is 29.9 Å². The fourth-order valence-corrected chi connectivity index (χ4v) is 3.89. The third kappa shape index (κ3) is 5.05. The molecule has 2 aromatic carbocycles. The van der Waals surface area contributed by atoms with Gasteiger partial charge >= 0.3 is 6.09 Å². The summed E-state index contributed by atoms with van der Waals surface area (Å²) in [5, 5.41) is 3.77. The van der Waals surface area contributed by atoms with Gasteiger partial charge in [0.15, 0.2) is 0 Å². The number of benzene rings is 2. The number of fused-ring (bicyclic) bond motifs is 1. The zero-order chi connectivity index (χ0) is 22.0. The SMILES string of the molecule is CC(C)(C)OC(=O)N1CCCC(c2cccc(Nc3nc4ccccc4c(=O)[nH]3)c2)C1. The van der Waals surface area contributed by atoms with Gasteiger partial charge in [0.1, 0.15) is 5.60 Å². The third-order valence-corrected chi connectivity index (χ3v) is 5.31. The molecule has 1 unspecified atom stereocenters. The fraction of sp³-hybridized carbons (Fsp3) is 0.375. The molecule has 1 aromatic heterocycles. The lowest BCUT2D eigenvalue weighted by molar-refractivity contribution is 0.0198. The van der Waals surface area contributed by atoms with Crippen molar-refractivity contribution in [1.29, 1.82) is 0 Å². The number of hydrogen-bond donors (Lipinski definition) is 2. The lowest BCUT2D eigenvalue weighted by Crippen LogP contribution is -2.42. The number of nitrogens with one attached hydrogen (secondary N) is 2. The van der Waals surface area contributed by atoms with E-state index in [-0.39, 0.29) is 17.6 Å². The molecule has 1 fully saturated rings. The summed E-state index contributed by atoms with van der Waals surface area (Å²) in [6.07, 6.45) is 1.68. The van der Waals surface area contributed by atoms with Crippen LogP contribution in [0.4, 0.5) is 16.4 Å². The summed E-state index contributed by atoms with van der Waals surface area (Å²) in [6, 6.07) is 15.3. The van der Waals surface area contributed by atoms with Crippen LogP contribution in [0.1, 0.15) is 45.1 Å². The normalized spacial score (nSPS) is 16.9. The number of carbonyl (C=O) groups excluding carboxylic acids is 1. The number of aromatic nitrogens is 2. The van der Waals surface area contributed by atoms with Crippen molar-refractivity contribution in [2.45, 2.75) is 45.1 Å². The number of carbonyl (C=O) groups is 1. The summed E-state index contributed by atoms with van der Waals surface area (Å²) >= 11 is 0. The second kappa shape index (κ2) is 8.41. The highest BCUT2D eigenvalue weighted by molar-refractivity contribution is 5.78. The number of rotatable bonds is 3. The van der Waals surface area contributed by atoms with Crippen LogP contribution < -0.4 is 10.9 Å². The zero-order valence-electron chi connectivity index (χ0n) is 18.1. The Hall–Kier alpha value is -3.35. The van der Waals surface area contributed by atoms with Crippen LogP contribution in [0.3, 0.4) is 0 Å². The van der Waals surface area contributed by atoms with E-state index < -0.39 is 5.60 Å². The number of amides is 1. The molecule has 162 valence electrons. The Morgan fingerprint density at radius 3 is 2.81 bits per heavy atom. The van der Waals surface area contributed by atoms with Crippen molar-refractivity contribution in [2.24, 2.45) is 0 Å². The Labute approximate surface area is 181 Å². The van der Waals surface area contributed by atoms with Crippen LogP contribution in [0, 0.1) is 0 Å². The van der Waals surface area contributed by atoms with Crippen LogP contribution in [-0.4, -0.2) is 39.7 Å². The van der Waals surface area contributed by atoms with Crippen molar-refractivity contribution in [1.82, 2.24) is 14.9 Å². The molecule has 0 spiro atoms. The minimum Gasteiger partial charge on any atom is -0.444 e. The lowest BCUT2D eigenvalue weighted by atomic mass is 9.90. The standard InChI is InChI=1S/C24H28N4O3/c1-24(2,3)31-23(30)28-13-7-9-17(15-28)16-8-6-10-18(14-16)25-22-26-20-12-5-4-11-19(20)21(29)27-22/h4-6,8,10-12,14,17H,7,9,13,15H2,1-3H3,(H2,25,26,27,29). The van der Waals surface area contributed by atoms with Gasteiger partial charge in [0.25, 0.3) is 5.56 Å². The Morgan fingerprint density at radius 2 is 2.00 bits per heavy atom. The van der Waals surface area contributed by atoms with Crippen molar-refractivity contribution in [2.75, 3.05) is 18.4 Å². The predicted octanol–water partition coefficient (Wildman–Crippen LogP) is 4.78. The number of ether oxygens (including phenoxy) is 1. The van der Waals surface area contributed by atoms with Gasteiger partial charge in [0.05, 0.1) is 10.9 Å². The summed E-state index contributed by atoms with van der Waals surface area (Å²) in [7, 11) is 0. The number of nitrogens with zero attached hydrogens (tertiary/aromatic N) is 2. The van der Waals surface area contributed by atoms with E-state index in [1.165, 1.54) is 0 Å². The number of likely N-dealkylation sites (tertiary alicyclic amines) is 1. The molecule has 1 amide bonds. The van der Waals surface area contributed by atoms with Gasteiger partial charge in [0.2, 0.25) is 5.95 Å². The minimum absolute atomic E-state index is 0.176. The largest absolute Gasteiger partial charge is 0.444 e. The molecular weight excluding hydrogens is 392 g/mol. The lowest BCUT2D eigenvalue weighted by Gasteiger charge is -2.34. The van der Waals surface area contributed by atoms with Gasteiger partial charge in [-0.1, -0.05) is 24.3 Å². The van der Waals surface area contributed by atoms with Crippen molar-refractivity contribution in [3.8, 4) is 0 Å². The van der Waals surface area contributed by atoms with Gasteiger partial charge in [-0.2, -0.15) is 0 Å². The van der Waals surface area contributed by atoms with Crippen LogP contribution >= 0.6 is 0 Å². The molecule has 0 aliphatic carbocycles. The molecule has 2 heterocycles. The molecule has 0 radical (unpaired) electrons. The average Bonchev–Trinajstić information content (AvgIpc) is 2.73. The summed E-state index contributed by atoms with van der Waals surface area (Å²) < 4.78 is 5.54. The molecule has 4 rings (SSSR count). The smallest absolute Gasteiger partial charge is 0.410 e. The van der Waals surface area contributed by atoms with E-state index >= 15 is 0 Å². The number of anilines is 2. The molecule has 0 saturated carbocycles. The second-order valence-electron chi connectivity index (χ2n) is 8.95. The van der Waals surface area contributed by atoms with E-state index in [1.807, 2.05) is 51.1 Å². The first kappa shape index (κ1) is 20.9. The van der Waals surface area contributed by atoms with E-state index in [2.05, 4.69) is 27.4 Å². The first-order valence-corrected chi connectivity index (χ1v) is 10.6. The topological polar surface area (TPSA) is 87.3 Å². The molecule has 1 aliphatic heterocycles. The molecule has 31 heavy (non-hydrogen) atoms. The highest BCUT2D eigenvalue weighted by Gasteiger charge is 2.28. The maximum absolute atomic E-state index is 12.5. The van der Waals surface area contributed by atoms with E-state index in [4.69, 9.17) is 4.74 Å². The maximum Gasteiger partial charge on any atom is 0.410 e. The molecule has 7 nitrogen and oxygen atoms in total.